The van der Waals surface area contributed by atoms with Gasteiger partial charge < -0.3 is 10.1 Å². The molecular formula is C14H15N3O. The summed E-state index contributed by atoms with van der Waals surface area (Å²) in [5.41, 5.74) is 2.20. The maximum absolute atomic E-state index is 5.84. The highest BCUT2D eigenvalue weighted by molar-refractivity contribution is 5.38. The molecule has 18 heavy (non-hydrogen) atoms. The summed E-state index contributed by atoms with van der Waals surface area (Å²) in [5, 5.41) is 11.3. The van der Waals surface area contributed by atoms with Crippen LogP contribution in [-0.2, 0) is 6.42 Å². The Labute approximate surface area is 106 Å². The fourth-order valence-electron chi connectivity index (χ4n) is 2.08. The summed E-state index contributed by atoms with van der Waals surface area (Å²) in [6.07, 6.45) is 1.12. The number of benzene rings is 1. The fourth-order valence-corrected chi connectivity index (χ4v) is 2.08. The molecule has 2 heterocycles. The third-order valence-corrected chi connectivity index (χ3v) is 3.02. The molecule has 1 aliphatic rings. The van der Waals surface area contributed by atoms with Crippen LogP contribution in [-0.4, -0.2) is 22.8 Å². The van der Waals surface area contributed by atoms with Crippen molar-refractivity contribution in [2.45, 2.75) is 19.4 Å². The summed E-state index contributed by atoms with van der Waals surface area (Å²) in [6, 6.07) is 12.1. The van der Waals surface area contributed by atoms with E-state index in [0.29, 0.717) is 0 Å². The van der Waals surface area contributed by atoms with E-state index in [9.17, 15) is 0 Å². The first kappa shape index (κ1) is 11.0. The van der Waals surface area contributed by atoms with Crippen molar-refractivity contribution < 1.29 is 4.74 Å². The largest absolute Gasteiger partial charge is 0.488 e. The van der Waals surface area contributed by atoms with Gasteiger partial charge in [-0.3, -0.25) is 0 Å². The summed E-state index contributed by atoms with van der Waals surface area (Å²) < 4.78 is 5.84. The lowest BCUT2D eigenvalue weighted by molar-refractivity contribution is 0.246. The van der Waals surface area contributed by atoms with Gasteiger partial charge in [-0.1, -0.05) is 18.2 Å². The molecule has 0 saturated carbocycles. The number of fused-ring (bicyclic) bond motifs is 1. The number of aryl methyl sites for hydroxylation is 1. The molecule has 1 unspecified atom stereocenters. The van der Waals surface area contributed by atoms with Gasteiger partial charge in [0.15, 0.2) is 0 Å². The third-order valence-electron chi connectivity index (χ3n) is 3.02. The highest BCUT2D eigenvalue weighted by Gasteiger charge is 2.21. The second kappa shape index (κ2) is 4.64. The number of rotatable bonds is 3. The molecule has 0 saturated heterocycles. The van der Waals surface area contributed by atoms with E-state index < -0.39 is 0 Å². The van der Waals surface area contributed by atoms with Crippen molar-refractivity contribution in [3.05, 3.63) is 47.7 Å². The molecular weight excluding hydrogens is 226 g/mol. The molecule has 0 amide bonds. The van der Waals surface area contributed by atoms with Gasteiger partial charge in [-0.25, -0.2) is 0 Å². The van der Waals surface area contributed by atoms with Crippen molar-refractivity contribution in [3.8, 4) is 5.75 Å². The summed E-state index contributed by atoms with van der Waals surface area (Å²) >= 11 is 0. The second-order valence-electron chi connectivity index (χ2n) is 4.49. The van der Waals surface area contributed by atoms with Crippen LogP contribution in [0.15, 0.2) is 36.4 Å². The first-order chi connectivity index (χ1) is 8.81. The number of hydrogen-bond donors (Lipinski definition) is 1. The van der Waals surface area contributed by atoms with Crippen LogP contribution < -0.4 is 10.1 Å². The number of hydrogen-bond acceptors (Lipinski definition) is 4. The molecule has 0 bridgehead atoms. The van der Waals surface area contributed by atoms with Crippen LogP contribution in [0, 0.1) is 6.92 Å². The van der Waals surface area contributed by atoms with Crippen LogP contribution in [0.1, 0.15) is 11.3 Å². The molecule has 0 aliphatic carbocycles. The standard InChI is InChI=1S/C14H15N3O/c1-10-6-7-14(17-16-10)15-9-12-8-11-4-2-3-5-13(11)18-12/h2-7,12H,8-9H2,1H3,(H,15,17). The van der Waals surface area contributed by atoms with E-state index in [4.69, 9.17) is 4.74 Å². The molecule has 1 aliphatic heterocycles. The molecule has 3 rings (SSSR count). The molecule has 4 nitrogen and oxygen atoms in total. The minimum Gasteiger partial charge on any atom is -0.488 e. The Kier molecular flexibility index (Phi) is 2.84. The summed E-state index contributed by atoms with van der Waals surface area (Å²) in [5.74, 6) is 1.79. The third kappa shape index (κ3) is 2.27. The predicted molar refractivity (Wildman–Crippen MR) is 69.8 cm³/mol. The maximum atomic E-state index is 5.84. The molecule has 1 aromatic carbocycles. The van der Waals surface area contributed by atoms with Crippen molar-refractivity contribution in [2.75, 3.05) is 11.9 Å². The van der Waals surface area contributed by atoms with Gasteiger partial charge in [-0.15, -0.1) is 5.10 Å². The molecule has 4 heteroatoms. The van der Waals surface area contributed by atoms with E-state index in [-0.39, 0.29) is 6.10 Å². The summed E-state index contributed by atoms with van der Waals surface area (Å²) in [4.78, 5) is 0. The summed E-state index contributed by atoms with van der Waals surface area (Å²) in [7, 11) is 0. The Morgan fingerprint density at radius 1 is 1.22 bits per heavy atom. The van der Waals surface area contributed by atoms with Crippen LogP contribution in [0.4, 0.5) is 5.82 Å². The van der Waals surface area contributed by atoms with E-state index in [0.717, 1.165) is 30.2 Å². The van der Waals surface area contributed by atoms with Crippen LogP contribution in [0.5, 0.6) is 5.75 Å². The SMILES string of the molecule is Cc1ccc(NCC2Cc3ccccc3O2)nn1. The van der Waals surface area contributed by atoms with Crippen molar-refractivity contribution >= 4 is 5.82 Å². The van der Waals surface area contributed by atoms with Gasteiger partial charge in [0, 0.05) is 6.42 Å². The lowest BCUT2D eigenvalue weighted by atomic mass is 10.1. The number of anilines is 1. The summed E-state index contributed by atoms with van der Waals surface area (Å²) in [6.45, 7) is 2.67. The molecule has 0 radical (unpaired) electrons. The Balaban J connectivity index is 1.58. The van der Waals surface area contributed by atoms with Gasteiger partial charge in [-0.05, 0) is 30.7 Å². The molecule has 1 N–H and O–H groups in total. The zero-order valence-corrected chi connectivity index (χ0v) is 10.3. The normalized spacial score (nSPS) is 17.1. The average Bonchev–Trinajstić information content (AvgIpc) is 2.81. The number of aromatic nitrogens is 2. The maximum Gasteiger partial charge on any atom is 0.148 e. The zero-order valence-electron chi connectivity index (χ0n) is 10.3. The Morgan fingerprint density at radius 3 is 2.89 bits per heavy atom. The highest BCUT2D eigenvalue weighted by atomic mass is 16.5. The Hall–Kier alpha value is -2.10. The molecule has 1 aromatic heterocycles. The van der Waals surface area contributed by atoms with Crippen molar-refractivity contribution in [1.29, 1.82) is 0 Å². The smallest absolute Gasteiger partial charge is 0.148 e. The quantitative estimate of drug-likeness (QED) is 0.895. The van der Waals surface area contributed by atoms with Gasteiger partial charge in [0.1, 0.15) is 17.7 Å². The lowest BCUT2D eigenvalue weighted by Gasteiger charge is -2.11. The minimum absolute atomic E-state index is 0.172. The van der Waals surface area contributed by atoms with Crippen LogP contribution in [0.3, 0.4) is 0 Å². The fraction of sp³-hybridized carbons (Fsp3) is 0.286. The number of nitrogens with one attached hydrogen (secondary N) is 1. The monoisotopic (exact) mass is 241 g/mol. The molecule has 92 valence electrons. The molecule has 0 fully saturated rings. The Bertz CT molecular complexity index is 514. The van der Waals surface area contributed by atoms with Crippen LogP contribution in [0.25, 0.3) is 0 Å². The van der Waals surface area contributed by atoms with Gasteiger partial charge in [0.2, 0.25) is 0 Å². The number of para-hydroxylation sites is 1. The first-order valence-corrected chi connectivity index (χ1v) is 6.10. The lowest BCUT2D eigenvalue weighted by Crippen LogP contribution is -2.24. The topological polar surface area (TPSA) is 47.0 Å². The van der Waals surface area contributed by atoms with E-state index in [2.05, 4.69) is 21.6 Å². The van der Waals surface area contributed by atoms with Gasteiger partial charge in [0.05, 0.1) is 12.2 Å². The second-order valence-corrected chi connectivity index (χ2v) is 4.49. The first-order valence-electron chi connectivity index (χ1n) is 6.10. The van der Waals surface area contributed by atoms with E-state index >= 15 is 0 Å². The van der Waals surface area contributed by atoms with E-state index in [1.807, 2.05) is 37.3 Å². The molecule has 1 atom stereocenters. The van der Waals surface area contributed by atoms with Gasteiger partial charge >= 0.3 is 0 Å². The van der Waals surface area contributed by atoms with Crippen molar-refractivity contribution in [2.24, 2.45) is 0 Å². The van der Waals surface area contributed by atoms with E-state index in [1.165, 1.54) is 5.56 Å². The van der Waals surface area contributed by atoms with Gasteiger partial charge in [-0.2, -0.15) is 5.10 Å². The van der Waals surface area contributed by atoms with Crippen LogP contribution >= 0.6 is 0 Å². The Morgan fingerprint density at radius 2 is 2.11 bits per heavy atom. The van der Waals surface area contributed by atoms with Crippen LogP contribution in [0.2, 0.25) is 0 Å². The van der Waals surface area contributed by atoms with Crippen molar-refractivity contribution in [1.82, 2.24) is 10.2 Å². The van der Waals surface area contributed by atoms with Gasteiger partial charge in [0.25, 0.3) is 0 Å². The number of nitrogens with zero attached hydrogens (tertiary/aromatic N) is 2. The average molecular weight is 241 g/mol. The molecule has 2 aromatic rings. The predicted octanol–water partition coefficient (Wildman–Crippen LogP) is 2.20. The zero-order chi connectivity index (χ0) is 12.4. The highest BCUT2D eigenvalue weighted by Crippen LogP contribution is 2.28. The van der Waals surface area contributed by atoms with E-state index in [1.54, 1.807) is 0 Å². The van der Waals surface area contributed by atoms with Crippen molar-refractivity contribution in [3.63, 3.8) is 0 Å². The molecule has 0 spiro atoms. The minimum atomic E-state index is 0.172. The number of ether oxygens (including phenoxy) is 1.